The zero-order valence-electron chi connectivity index (χ0n) is 35.3. The van der Waals surface area contributed by atoms with Gasteiger partial charge < -0.3 is 29.0 Å². The number of hydrogen-bond acceptors (Lipinski definition) is 10. The molecule has 0 bridgehead atoms. The van der Waals surface area contributed by atoms with Crippen molar-refractivity contribution in [3.05, 3.63) is 12.3 Å². The monoisotopic (exact) mass is 768 g/mol. The molecule has 0 aromatic rings. The van der Waals surface area contributed by atoms with Gasteiger partial charge in [-0.25, -0.2) is 0 Å². The second-order valence-electron chi connectivity index (χ2n) is 15.0. The molecular formula is C44H81NO9. The first-order valence-corrected chi connectivity index (χ1v) is 21.9. The number of ether oxygens (including phenoxy) is 4. The number of rotatable bonds is 38. The van der Waals surface area contributed by atoms with E-state index >= 15 is 0 Å². The summed E-state index contributed by atoms with van der Waals surface area (Å²) in [5, 5.41) is 9.37. The molecule has 0 rings (SSSR count). The molecule has 0 aliphatic carbocycles. The molecule has 54 heavy (non-hydrogen) atoms. The van der Waals surface area contributed by atoms with Crippen molar-refractivity contribution in [2.45, 2.75) is 182 Å². The molecule has 0 aromatic carbocycles. The number of carbonyl (C=O) groups is 4. The van der Waals surface area contributed by atoms with Crippen molar-refractivity contribution in [3.63, 3.8) is 0 Å². The lowest BCUT2D eigenvalue weighted by molar-refractivity contribution is -0.149. The highest BCUT2D eigenvalue weighted by Crippen LogP contribution is 2.21. The summed E-state index contributed by atoms with van der Waals surface area (Å²) in [6.45, 7) is 13.4. The van der Waals surface area contributed by atoms with Crippen LogP contribution in [0.1, 0.15) is 182 Å². The van der Waals surface area contributed by atoms with Crippen molar-refractivity contribution < 1.29 is 43.2 Å². The van der Waals surface area contributed by atoms with Gasteiger partial charge in [-0.2, -0.15) is 0 Å². The first-order chi connectivity index (χ1) is 26.3. The maximum atomic E-state index is 12.7. The maximum absolute atomic E-state index is 12.7. The minimum atomic E-state index is -0.371. The topological polar surface area (TPSA) is 129 Å². The van der Waals surface area contributed by atoms with Gasteiger partial charge in [0.1, 0.15) is 0 Å². The summed E-state index contributed by atoms with van der Waals surface area (Å²) >= 11 is 0. The van der Waals surface area contributed by atoms with E-state index in [1.54, 1.807) is 6.08 Å². The Morgan fingerprint density at radius 3 is 1.69 bits per heavy atom. The summed E-state index contributed by atoms with van der Waals surface area (Å²) in [5.41, 5.74) is 0. The molecule has 3 atom stereocenters. The van der Waals surface area contributed by atoms with E-state index in [-0.39, 0.29) is 74.3 Å². The number of allylic oxidation sites excluding steroid dienone is 1. The van der Waals surface area contributed by atoms with Gasteiger partial charge in [-0.3, -0.25) is 19.2 Å². The SMILES string of the molecule is CCCCCCC(CCCC)C(=O)OC=CCCC(=O)OCC(COC(=O)CCCCOC(=O)C(CCCC)CCCCCC)CN(CCC)CCCO. The summed E-state index contributed by atoms with van der Waals surface area (Å²) in [6.07, 6.45) is 23.1. The molecular weight excluding hydrogens is 686 g/mol. The Hall–Kier alpha value is -2.46. The highest BCUT2D eigenvalue weighted by Gasteiger charge is 2.21. The number of aliphatic hydroxyl groups is 1. The van der Waals surface area contributed by atoms with Crippen LogP contribution in [0.15, 0.2) is 12.3 Å². The average molecular weight is 768 g/mol. The molecule has 10 heteroatoms. The minimum absolute atomic E-state index is 0.0402. The molecule has 0 saturated heterocycles. The van der Waals surface area contributed by atoms with Gasteiger partial charge >= 0.3 is 23.9 Å². The van der Waals surface area contributed by atoms with Crippen LogP contribution < -0.4 is 0 Å². The second kappa shape index (κ2) is 37.5. The third-order valence-electron chi connectivity index (χ3n) is 9.76. The van der Waals surface area contributed by atoms with E-state index in [1.165, 1.54) is 25.5 Å². The van der Waals surface area contributed by atoms with Crippen LogP contribution in [0.2, 0.25) is 0 Å². The first-order valence-electron chi connectivity index (χ1n) is 21.9. The van der Waals surface area contributed by atoms with E-state index in [0.29, 0.717) is 45.4 Å². The Balaban J connectivity index is 4.84. The fourth-order valence-electron chi connectivity index (χ4n) is 6.43. The molecule has 3 unspecified atom stereocenters. The summed E-state index contributed by atoms with van der Waals surface area (Å²) in [5.74, 6) is -1.37. The van der Waals surface area contributed by atoms with Crippen molar-refractivity contribution in [3.8, 4) is 0 Å². The van der Waals surface area contributed by atoms with Gasteiger partial charge in [0.2, 0.25) is 0 Å². The smallest absolute Gasteiger partial charge is 0.313 e. The number of esters is 4. The van der Waals surface area contributed by atoms with Crippen LogP contribution >= 0.6 is 0 Å². The molecule has 0 aromatic heterocycles. The summed E-state index contributed by atoms with van der Waals surface area (Å²) in [7, 11) is 0. The summed E-state index contributed by atoms with van der Waals surface area (Å²) in [6, 6.07) is 0. The van der Waals surface area contributed by atoms with Crippen LogP contribution in [0.4, 0.5) is 0 Å². The van der Waals surface area contributed by atoms with Crippen LogP contribution in [-0.2, 0) is 38.1 Å². The van der Waals surface area contributed by atoms with Gasteiger partial charge in [-0.1, -0.05) is 112 Å². The molecule has 0 spiro atoms. The zero-order chi connectivity index (χ0) is 40.1. The number of carbonyl (C=O) groups excluding carboxylic acids is 4. The fourth-order valence-corrected chi connectivity index (χ4v) is 6.43. The van der Waals surface area contributed by atoms with E-state index in [9.17, 15) is 24.3 Å². The van der Waals surface area contributed by atoms with Gasteiger partial charge in [0, 0.05) is 38.5 Å². The highest BCUT2D eigenvalue weighted by molar-refractivity contribution is 5.73. The molecule has 316 valence electrons. The van der Waals surface area contributed by atoms with Crippen molar-refractivity contribution >= 4 is 23.9 Å². The average Bonchev–Trinajstić information content (AvgIpc) is 3.16. The van der Waals surface area contributed by atoms with E-state index in [2.05, 4.69) is 39.5 Å². The van der Waals surface area contributed by atoms with Crippen LogP contribution in [-0.4, -0.2) is 79.9 Å². The van der Waals surface area contributed by atoms with E-state index in [0.717, 1.165) is 96.4 Å². The predicted molar refractivity (Wildman–Crippen MR) is 217 cm³/mol. The molecule has 10 nitrogen and oxygen atoms in total. The Morgan fingerprint density at radius 1 is 0.574 bits per heavy atom. The lowest BCUT2D eigenvalue weighted by Gasteiger charge is -2.26. The first kappa shape index (κ1) is 51.5. The molecule has 0 aliphatic rings. The minimum Gasteiger partial charge on any atom is -0.465 e. The molecule has 0 radical (unpaired) electrons. The third-order valence-corrected chi connectivity index (χ3v) is 9.76. The fraction of sp³-hybridized carbons (Fsp3) is 0.864. The molecule has 0 amide bonds. The van der Waals surface area contributed by atoms with Crippen molar-refractivity contribution in [2.24, 2.45) is 17.8 Å². The Kier molecular flexibility index (Phi) is 35.8. The quantitative estimate of drug-likeness (QED) is 0.0281. The molecule has 0 heterocycles. The largest absolute Gasteiger partial charge is 0.465 e. The number of nitrogens with zero attached hydrogens (tertiary/aromatic N) is 1. The van der Waals surface area contributed by atoms with Gasteiger partial charge in [-0.15, -0.1) is 0 Å². The summed E-state index contributed by atoms with van der Waals surface area (Å²) in [4.78, 5) is 52.9. The van der Waals surface area contributed by atoms with Crippen molar-refractivity contribution in [1.82, 2.24) is 4.90 Å². The lowest BCUT2D eigenvalue weighted by atomic mass is 9.95. The maximum Gasteiger partial charge on any atom is 0.313 e. The lowest BCUT2D eigenvalue weighted by Crippen LogP contribution is -2.36. The van der Waals surface area contributed by atoms with Crippen LogP contribution in [0.25, 0.3) is 0 Å². The molecule has 1 N–H and O–H groups in total. The van der Waals surface area contributed by atoms with Gasteiger partial charge in [0.05, 0.1) is 37.9 Å². The molecule has 0 aliphatic heterocycles. The van der Waals surface area contributed by atoms with Crippen molar-refractivity contribution in [1.29, 1.82) is 0 Å². The Labute approximate surface area is 329 Å². The van der Waals surface area contributed by atoms with Crippen LogP contribution in [0.5, 0.6) is 0 Å². The number of hydrogen-bond donors (Lipinski definition) is 1. The van der Waals surface area contributed by atoms with Crippen LogP contribution in [0.3, 0.4) is 0 Å². The number of aliphatic hydroxyl groups excluding tert-OH is 1. The van der Waals surface area contributed by atoms with Crippen LogP contribution in [0, 0.1) is 17.8 Å². The second-order valence-corrected chi connectivity index (χ2v) is 15.0. The number of unbranched alkanes of at least 4 members (excludes halogenated alkanes) is 9. The standard InChI is InChI=1S/C44H81NO9/c1-6-11-15-17-26-39(24-13-8-3)43(49)51-33-21-19-28-41(47)53-36-38(35-45(30-10-5)31-23-32-46)37-54-42(48)29-20-22-34-52-44(50)40(25-14-9-4)27-18-16-12-7-2/h21,33,38-40,46H,6-20,22-32,34-37H2,1-5H3. The summed E-state index contributed by atoms with van der Waals surface area (Å²) < 4.78 is 22.3. The van der Waals surface area contributed by atoms with Gasteiger partial charge in [0.25, 0.3) is 0 Å². The Bertz CT molecular complexity index is 956. The Morgan fingerprint density at radius 2 is 1.13 bits per heavy atom. The molecule has 0 fully saturated rings. The zero-order valence-corrected chi connectivity index (χ0v) is 35.3. The van der Waals surface area contributed by atoms with Gasteiger partial charge in [0.15, 0.2) is 0 Å². The predicted octanol–water partition coefficient (Wildman–Crippen LogP) is 9.89. The van der Waals surface area contributed by atoms with Gasteiger partial charge in [-0.05, 0) is 70.4 Å². The van der Waals surface area contributed by atoms with Crippen molar-refractivity contribution in [2.75, 3.05) is 46.1 Å². The third kappa shape index (κ3) is 29.8. The van der Waals surface area contributed by atoms with E-state index in [4.69, 9.17) is 18.9 Å². The molecule has 0 saturated carbocycles. The van der Waals surface area contributed by atoms with E-state index in [1.807, 2.05) is 0 Å². The highest BCUT2D eigenvalue weighted by atomic mass is 16.5. The normalized spacial score (nSPS) is 13.2. The van der Waals surface area contributed by atoms with E-state index < -0.39 is 0 Å².